The van der Waals surface area contributed by atoms with Crippen molar-refractivity contribution in [1.29, 1.82) is 0 Å². The Balaban J connectivity index is 2.05. The van der Waals surface area contributed by atoms with Gasteiger partial charge in [-0.2, -0.15) is 0 Å². The van der Waals surface area contributed by atoms with Crippen molar-refractivity contribution in [2.75, 3.05) is 0 Å². The minimum Gasteiger partial charge on any atom is -0.323 e. The Bertz CT molecular complexity index is 1140. The Hall–Kier alpha value is -2.50. The van der Waals surface area contributed by atoms with Crippen LogP contribution >= 0.6 is 23.6 Å². The van der Waals surface area contributed by atoms with Crippen molar-refractivity contribution in [2.45, 2.75) is 6.92 Å². The number of H-pyrrole nitrogens is 1. The van der Waals surface area contributed by atoms with E-state index < -0.39 is 0 Å². The molecule has 0 radical (unpaired) electrons. The number of benzene rings is 2. The van der Waals surface area contributed by atoms with Gasteiger partial charge in [-0.15, -0.1) is 11.3 Å². The quantitative estimate of drug-likeness (QED) is 0.512. The van der Waals surface area contributed by atoms with Crippen LogP contribution in [0.4, 0.5) is 0 Å². The van der Waals surface area contributed by atoms with Crippen LogP contribution in [-0.2, 0) is 0 Å². The van der Waals surface area contributed by atoms with Gasteiger partial charge in [0.05, 0.1) is 11.1 Å². The second kappa shape index (κ2) is 5.85. The molecule has 0 bridgehead atoms. The minimum atomic E-state index is -0.0863. The molecule has 4 rings (SSSR count). The lowest BCUT2D eigenvalue weighted by Crippen LogP contribution is -2.20. The lowest BCUT2D eigenvalue weighted by molar-refractivity contribution is 0.944. The summed E-state index contributed by atoms with van der Waals surface area (Å²) in [5.74, 6) is 0. The smallest absolute Gasteiger partial charge is 0.268 e. The van der Waals surface area contributed by atoms with Gasteiger partial charge in [0.2, 0.25) is 0 Å². The van der Waals surface area contributed by atoms with Gasteiger partial charge in [-0.25, -0.2) is 0 Å². The fraction of sp³-hybridized carbons (Fsp3) is 0.0526. The first kappa shape index (κ1) is 15.1. The molecular weight excluding hydrogens is 336 g/mol. The molecule has 24 heavy (non-hydrogen) atoms. The van der Waals surface area contributed by atoms with Crippen LogP contribution in [-0.4, -0.2) is 9.55 Å². The van der Waals surface area contributed by atoms with Crippen molar-refractivity contribution in [1.82, 2.24) is 9.55 Å². The lowest BCUT2D eigenvalue weighted by Gasteiger charge is -2.07. The maximum Gasteiger partial charge on any atom is 0.268 e. The van der Waals surface area contributed by atoms with E-state index in [9.17, 15) is 4.79 Å². The van der Waals surface area contributed by atoms with E-state index in [1.165, 1.54) is 16.9 Å². The summed E-state index contributed by atoms with van der Waals surface area (Å²) < 4.78 is 1.97. The van der Waals surface area contributed by atoms with Crippen LogP contribution in [0, 0.1) is 11.7 Å². The van der Waals surface area contributed by atoms with Gasteiger partial charge in [0, 0.05) is 10.9 Å². The van der Waals surface area contributed by atoms with Crippen LogP contribution in [0.5, 0.6) is 0 Å². The van der Waals surface area contributed by atoms with Crippen LogP contribution in [0.25, 0.3) is 27.0 Å². The van der Waals surface area contributed by atoms with E-state index in [2.05, 4.69) is 24.0 Å². The van der Waals surface area contributed by atoms with Gasteiger partial charge in [-0.05, 0) is 36.8 Å². The van der Waals surface area contributed by atoms with E-state index in [1.807, 2.05) is 47.8 Å². The SMILES string of the molecule is Cc1ccc(-c2csc3[nH]c(=S)n(-c4ccccc4)c(=O)c23)cc1. The van der Waals surface area contributed by atoms with Crippen LogP contribution < -0.4 is 5.56 Å². The van der Waals surface area contributed by atoms with E-state index in [1.54, 1.807) is 4.57 Å². The molecule has 118 valence electrons. The standard InChI is InChI=1S/C19H14N2OS2/c1-12-7-9-13(10-8-12)15-11-24-17-16(15)18(22)21(19(23)20-17)14-5-3-2-4-6-14/h2-11H,1H3,(H,20,23). The molecule has 0 atom stereocenters. The summed E-state index contributed by atoms with van der Waals surface area (Å²) in [6, 6.07) is 17.7. The summed E-state index contributed by atoms with van der Waals surface area (Å²) >= 11 is 6.92. The molecule has 0 aliphatic rings. The molecule has 0 amide bonds. The summed E-state index contributed by atoms with van der Waals surface area (Å²) in [5.41, 5.74) is 3.85. The van der Waals surface area contributed by atoms with Crippen molar-refractivity contribution < 1.29 is 0 Å². The topological polar surface area (TPSA) is 37.8 Å². The highest BCUT2D eigenvalue weighted by atomic mass is 32.1. The third-order valence-electron chi connectivity index (χ3n) is 4.01. The second-order valence-corrected chi connectivity index (χ2v) is 6.89. The molecule has 3 nitrogen and oxygen atoms in total. The average molecular weight is 350 g/mol. The summed E-state index contributed by atoms with van der Waals surface area (Å²) in [4.78, 5) is 17.2. The van der Waals surface area contributed by atoms with Gasteiger partial charge in [0.25, 0.3) is 5.56 Å². The van der Waals surface area contributed by atoms with Gasteiger partial charge in [-0.1, -0.05) is 48.0 Å². The van der Waals surface area contributed by atoms with Crippen molar-refractivity contribution in [3.63, 3.8) is 0 Å². The Morgan fingerprint density at radius 3 is 2.46 bits per heavy atom. The number of para-hydroxylation sites is 1. The highest BCUT2D eigenvalue weighted by molar-refractivity contribution is 7.71. The number of aryl methyl sites for hydroxylation is 1. The number of rotatable bonds is 2. The van der Waals surface area contributed by atoms with Gasteiger partial charge in [0.15, 0.2) is 4.77 Å². The van der Waals surface area contributed by atoms with Crippen LogP contribution in [0.2, 0.25) is 0 Å². The monoisotopic (exact) mass is 350 g/mol. The van der Waals surface area contributed by atoms with Crippen LogP contribution in [0.3, 0.4) is 0 Å². The highest BCUT2D eigenvalue weighted by Crippen LogP contribution is 2.31. The zero-order chi connectivity index (χ0) is 16.7. The number of nitrogens with one attached hydrogen (secondary N) is 1. The summed E-state index contributed by atoms with van der Waals surface area (Å²) in [6.07, 6.45) is 0. The predicted octanol–water partition coefficient (Wildman–Crippen LogP) is 5.09. The zero-order valence-corrected chi connectivity index (χ0v) is 14.6. The highest BCUT2D eigenvalue weighted by Gasteiger charge is 2.14. The summed E-state index contributed by atoms with van der Waals surface area (Å²) in [6.45, 7) is 2.05. The lowest BCUT2D eigenvalue weighted by atomic mass is 10.1. The number of aromatic amines is 1. The Morgan fingerprint density at radius 2 is 1.75 bits per heavy atom. The van der Waals surface area contributed by atoms with E-state index in [0.29, 0.717) is 10.2 Å². The Kier molecular flexibility index (Phi) is 3.67. The third-order valence-corrected chi connectivity index (χ3v) is 5.19. The van der Waals surface area contributed by atoms with Crippen LogP contribution in [0.15, 0.2) is 64.8 Å². The molecule has 0 saturated heterocycles. The van der Waals surface area contributed by atoms with Crippen molar-refractivity contribution in [3.05, 3.63) is 80.7 Å². The number of nitrogens with zero attached hydrogens (tertiary/aromatic N) is 1. The molecule has 4 aromatic rings. The van der Waals surface area contributed by atoms with Gasteiger partial charge in [-0.3, -0.25) is 9.36 Å². The third kappa shape index (κ3) is 2.42. The molecule has 0 saturated carbocycles. The first-order chi connectivity index (χ1) is 11.6. The maximum atomic E-state index is 13.2. The molecule has 0 aliphatic carbocycles. The fourth-order valence-corrected chi connectivity index (χ4v) is 4.09. The molecular formula is C19H14N2OS2. The van der Waals surface area contributed by atoms with Gasteiger partial charge in [0.1, 0.15) is 4.83 Å². The number of hydrogen-bond donors (Lipinski definition) is 1. The molecule has 5 heteroatoms. The minimum absolute atomic E-state index is 0.0863. The van der Waals surface area contributed by atoms with E-state index in [-0.39, 0.29) is 5.56 Å². The predicted molar refractivity (Wildman–Crippen MR) is 103 cm³/mol. The van der Waals surface area contributed by atoms with Crippen molar-refractivity contribution in [2.24, 2.45) is 0 Å². The number of fused-ring (bicyclic) bond motifs is 1. The average Bonchev–Trinajstić information content (AvgIpc) is 3.00. The molecule has 2 heterocycles. The Morgan fingerprint density at radius 1 is 1.04 bits per heavy atom. The number of aromatic nitrogens is 2. The fourth-order valence-electron chi connectivity index (χ4n) is 2.78. The second-order valence-electron chi connectivity index (χ2n) is 5.63. The molecule has 0 fully saturated rings. The molecule has 2 aromatic heterocycles. The number of hydrogen-bond acceptors (Lipinski definition) is 3. The van der Waals surface area contributed by atoms with Crippen molar-refractivity contribution >= 4 is 33.8 Å². The van der Waals surface area contributed by atoms with E-state index in [0.717, 1.165) is 21.6 Å². The van der Waals surface area contributed by atoms with Crippen molar-refractivity contribution in [3.8, 4) is 16.8 Å². The number of thiophene rings is 1. The van der Waals surface area contributed by atoms with Crippen LogP contribution in [0.1, 0.15) is 5.56 Å². The molecule has 0 unspecified atom stereocenters. The largest absolute Gasteiger partial charge is 0.323 e. The van der Waals surface area contributed by atoms with Gasteiger partial charge >= 0.3 is 0 Å². The summed E-state index contributed by atoms with van der Waals surface area (Å²) in [5, 5.41) is 2.69. The van der Waals surface area contributed by atoms with E-state index >= 15 is 0 Å². The van der Waals surface area contributed by atoms with E-state index in [4.69, 9.17) is 12.2 Å². The molecule has 0 aliphatic heterocycles. The normalized spacial score (nSPS) is 11.0. The molecule has 1 N–H and O–H groups in total. The Labute approximate surface area is 147 Å². The first-order valence-electron chi connectivity index (χ1n) is 7.54. The molecule has 2 aromatic carbocycles. The van der Waals surface area contributed by atoms with Gasteiger partial charge < -0.3 is 4.98 Å². The zero-order valence-electron chi connectivity index (χ0n) is 12.9. The maximum absolute atomic E-state index is 13.2. The first-order valence-corrected chi connectivity index (χ1v) is 8.83. The summed E-state index contributed by atoms with van der Waals surface area (Å²) in [7, 11) is 0. The molecule has 0 spiro atoms.